The molecule has 1 aliphatic heterocycles. The maximum atomic E-state index is 13.2. The maximum absolute atomic E-state index is 13.2. The molecule has 31 heavy (non-hydrogen) atoms. The summed E-state index contributed by atoms with van der Waals surface area (Å²) in [4.78, 5) is 17.3. The second-order valence-electron chi connectivity index (χ2n) is 7.05. The van der Waals surface area contributed by atoms with Gasteiger partial charge >= 0.3 is 11.8 Å². The summed E-state index contributed by atoms with van der Waals surface area (Å²) >= 11 is 1.29. The molecule has 5 nitrogen and oxygen atoms in total. The summed E-state index contributed by atoms with van der Waals surface area (Å²) in [6.45, 7) is 1.50. The minimum Gasteiger partial charge on any atom is -0.508 e. The van der Waals surface area contributed by atoms with Gasteiger partial charge in [-0.1, -0.05) is 12.1 Å². The number of rotatable bonds is 2. The molecule has 0 spiro atoms. The molecule has 2 N–H and O–H groups in total. The number of thioether (sulfide) groups is 1. The third-order valence-electron chi connectivity index (χ3n) is 4.80. The highest BCUT2D eigenvalue weighted by atomic mass is 32.2. The van der Waals surface area contributed by atoms with Gasteiger partial charge < -0.3 is 14.6 Å². The molecular formula is C22H16F3NO4S. The van der Waals surface area contributed by atoms with Gasteiger partial charge in [0.15, 0.2) is 0 Å². The first-order valence-corrected chi connectivity index (χ1v) is 10.1. The molecule has 0 radical (unpaired) electrons. The van der Waals surface area contributed by atoms with E-state index in [9.17, 15) is 28.2 Å². The van der Waals surface area contributed by atoms with E-state index in [2.05, 4.69) is 4.99 Å². The summed E-state index contributed by atoms with van der Waals surface area (Å²) in [7, 11) is 0. The van der Waals surface area contributed by atoms with Gasteiger partial charge in [0.25, 0.3) is 0 Å². The van der Waals surface area contributed by atoms with E-state index in [1.54, 1.807) is 12.1 Å². The van der Waals surface area contributed by atoms with Crippen LogP contribution in [0.2, 0.25) is 0 Å². The van der Waals surface area contributed by atoms with Gasteiger partial charge in [-0.15, -0.1) is 11.8 Å². The lowest BCUT2D eigenvalue weighted by atomic mass is 10.0. The number of nitrogens with zero attached hydrogens (tertiary/aromatic N) is 1. The lowest BCUT2D eigenvalue weighted by molar-refractivity contribution is -0.137. The molecular weight excluding hydrogens is 431 g/mol. The molecule has 2 heterocycles. The standard InChI is InChI=1S/C22H16F3NO4S/c1-11-8-17(28)20(21(29)30-11)16-10-19(12-2-5-14(27)6-3-12)31-18-7-4-13(22(23,24)25)9-15(18)26-16/h2-9,19,27-28H,10H2,1H3/t19-/m0/s1. The predicted molar refractivity (Wildman–Crippen MR) is 110 cm³/mol. The molecule has 0 bridgehead atoms. The van der Waals surface area contributed by atoms with E-state index in [1.807, 2.05) is 0 Å². The number of phenolic OH excluding ortho intramolecular Hbond substituents is 1. The largest absolute Gasteiger partial charge is 0.508 e. The van der Waals surface area contributed by atoms with Gasteiger partial charge in [-0.25, -0.2) is 4.79 Å². The fourth-order valence-electron chi connectivity index (χ4n) is 3.34. The highest BCUT2D eigenvalue weighted by molar-refractivity contribution is 7.99. The third-order valence-corrected chi connectivity index (χ3v) is 6.12. The van der Waals surface area contributed by atoms with Crippen LogP contribution in [0.1, 0.15) is 34.1 Å². The van der Waals surface area contributed by atoms with Crippen LogP contribution in [0, 0.1) is 6.92 Å². The Morgan fingerprint density at radius 3 is 2.45 bits per heavy atom. The van der Waals surface area contributed by atoms with Gasteiger partial charge in [0, 0.05) is 22.6 Å². The fourth-order valence-corrected chi connectivity index (χ4v) is 4.55. The highest BCUT2D eigenvalue weighted by Crippen LogP contribution is 2.47. The van der Waals surface area contributed by atoms with Gasteiger partial charge in [0.05, 0.1) is 17.0 Å². The monoisotopic (exact) mass is 447 g/mol. The molecule has 1 atom stereocenters. The number of aromatic hydroxyl groups is 2. The van der Waals surface area contributed by atoms with Crippen LogP contribution >= 0.6 is 11.8 Å². The lowest BCUT2D eigenvalue weighted by Gasteiger charge is -2.16. The molecule has 0 amide bonds. The number of alkyl halides is 3. The zero-order chi connectivity index (χ0) is 22.3. The van der Waals surface area contributed by atoms with Gasteiger partial charge in [-0.05, 0) is 42.8 Å². The normalized spacial score (nSPS) is 16.4. The Balaban J connectivity index is 1.90. The first-order chi connectivity index (χ1) is 14.6. The molecule has 160 valence electrons. The molecule has 1 aliphatic rings. The molecule has 0 saturated heterocycles. The average molecular weight is 447 g/mol. The van der Waals surface area contributed by atoms with Crippen molar-refractivity contribution in [2.45, 2.75) is 29.7 Å². The maximum Gasteiger partial charge on any atom is 0.416 e. The number of aryl methyl sites for hydroxylation is 1. The summed E-state index contributed by atoms with van der Waals surface area (Å²) in [5.41, 5.74) is -0.913. The van der Waals surface area contributed by atoms with Crippen LogP contribution in [0.3, 0.4) is 0 Å². The third kappa shape index (κ3) is 4.32. The van der Waals surface area contributed by atoms with Crippen molar-refractivity contribution in [3.05, 3.63) is 81.4 Å². The van der Waals surface area contributed by atoms with Gasteiger partial charge in [0.2, 0.25) is 0 Å². The number of benzene rings is 2. The van der Waals surface area contributed by atoms with E-state index >= 15 is 0 Å². The number of hydrogen-bond acceptors (Lipinski definition) is 6. The van der Waals surface area contributed by atoms with Crippen LogP contribution in [0.15, 0.2) is 67.6 Å². The molecule has 1 aromatic heterocycles. The van der Waals surface area contributed by atoms with Crippen molar-refractivity contribution in [2.75, 3.05) is 0 Å². The Kier molecular flexibility index (Phi) is 5.30. The van der Waals surface area contributed by atoms with Gasteiger partial charge in [-0.3, -0.25) is 4.99 Å². The SMILES string of the molecule is Cc1cc(O)c(C2=Nc3cc(C(F)(F)F)ccc3S[C@H](c3ccc(O)cc3)C2)c(=O)o1. The van der Waals surface area contributed by atoms with E-state index in [-0.39, 0.29) is 45.9 Å². The zero-order valence-corrected chi connectivity index (χ0v) is 16.9. The second-order valence-corrected chi connectivity index (χ2v) is 8.29. The summed E-state index contributed by atoms with van der Waals surface area (Å²) in [5.74, 6) is -0.0784. The van der Waals surface area contributed by atoms with Crippen molar-refractivity contribution >= 4 is 23.2 Å². The summed E-state index contributed by atoms with van der Waals surface area (Å²) in [5, 5.41) is 19.6. The summed E-state index contributed by atoms with van der Waals surface area (Å²) < 4.78 is 44.8. The number of fused-ring (bicyclic) bond motifs is 1. The van der Waals surface area contributed by atoms with Gasteiger partial charge in [0.1, 0.15) is 22.8 Å². The molecule has 0 fully saturated rings. The zero-order valence-electron chi connectivity index (χ0n) is 16.1. The van der Waals surface area contributed by atoms with Crippen molar-refractivity contribution in [1.82, 2.24) is 0 Å². The van der Waals surface area contributed by atoms with E-state index in [4.69, 9.17) is 4.42 Å². The molecule has 0 aliphatic carbocycles. The molecule has 0 saturated carbocycles. The number of phenols is 1. The van der Waals surface area contributed by atoms with Crippen LogP contribution in [0.25, 0.3) is 0 Å². The minimum atomic E-state index is -4.55. The molecule has 9 heteroatoms. The molecule has 2 aromatic carbocycles. The van der Waals surface area contributed by atoms with Crippen LogP contribution in [0.5, 0.6) is 11.5 Å². The van der Waals surface area contributed by atoms with Crippen LogP contribution < -0.4 is 5.63 Å². The Bertz CT molecular complexity index is 1230. The minimum absolute atomic E-state index is 0.0514. The smallest absolute Gasteiger partial charge is 0.416 e. The van der Waals surface area contributed by atoms with Crippen LogP contribution in [-0.2, 0) is 6.18 Å². The first-order valence-electron chi connectivity index (χ1n) is 9.20. The Morgan fingerprint density at radius 2 is 1.81 bits per heavy atom. The van der Waals surface area contributed by atoms with E-state index in [1.165, 1.54) is 43.0 Å². The quantitative estimate of drug-likeness (QED) is 0.524. The second kappa shape index (κ2) is 7.81. The first kappa shape index (κ1) is 21.0. The van der Waals surface area contributed by atoms with Crippen molar-refractivity contribution in [2.24, 2.45) is 4.99 Å². The lowest BCUT2D eigenvalue weighted by Crippen LogP contribution is -2.17. The van der Waals surface area contributed by atoms with Crippen molar-refractivity contribution < 1.29 is 27.8 Å². The van der Waals surface area contributed by atoms with Crippen LogP contribution in [0.4, 0.5) is 18.9 Å². The van der Waals surface area contributed by atoms with Crippen LogP contribution in [-0.4, -0.2) is 15.9 Å². The Labute approximate surface area is 178 Å². The van der Waals surface area contributed by atoms with Crippen molar-refractivity contribution in [1.29, 1.82) is 0 Å². The predicted octanol–water partition coefficient (Wildman–Crippen LogP) is 5.74. The van der Waals surface area contributed by atoms with E-state index in [0.717, 1.165) is 17.7 Å². The molecule has 4 rings (SSSR count). The fraction of sp³-hybridized carbons (Fsp3) is 0.182. The van der Waals surface area contributed by atoms with Crippen molar-refractivity contribution in [3.8, 4) is 11.5 Å². The van der Waals surface area contributed by atoms with E-state index in [0.29, 0.717) is 4.90 Å². The molecule has 0 unspecified atom stereocenters. The Morgan fingerprint density at radius 1 is 1.10 bits per heavy atom. The number of halogens is 3. The highest BCUT2D eigenvalue weighted by Gasteiger charge is 2.33. The van der Waals surface area contributed by atoms with Crippen molar-refractivity contribution in [3.63, 3.8) is 0 Å². The summed E-state index contributed by atoms with van der Waals surface area (Å²) in [6.07, 6.45) is -4.41. The number of aliphatic imine (C=N–C) groups is 1. The number of hydrogen-bond donors (Lipinski definition) is 2. The average Bonchev–Trinajstić information content (AvgIpc) is 2.86. The topological polar surface area (TPSA) is 83.0 Å². The van der Waals surface area contributed by atoms with Gasteiger partial charge in [-0.2, -0.15) is 13.2 Å². The molecule has 3 aromatic rings. The summed E-state index contributed by atoms with van der Waals surface area (Å²) in [6, 6.07) is 10.9. The van der Waals surface area contributed by atoms with E-state index < -0.39 is 17.4 Å². The Hall–Kier alpha value is -3.20.